The number of hydrogen-bond donors (Lipinski definition) is 2. The number of nitrogens with zero attached hydrogens (tertiary/aromatic N) is 4. The molecule has 0 bridgehead atoms. The summed E-state index contributed by atoms with van der Waals surface area (Å²) < 4.78 is 13.0. The number of nitrogens with one attached hydrogen (secondary N) is 1. The second-order valence-electron chi connectivity index (χ2n) is 6.27. The molecule has 0 radical (unpaired) electrons. The van der Waals surface area contributed by atoms with Crippen LogP contribution in [0.1, 0.15) is 37.9 Å². The molecule has 24 heavy (non-hydrogen) atoms. The van der Waals surface area contributed by atoms with E-state index in [1.54, 1.807) is 12.1 Å². The zero-order chi connectivity index (χ0) is 16.9. The van der Waals surface area contributed by atoms with E-state index in [4.69, 9.17) is 5.73 Å². The van der Waals surface area contributed by atoms with E-state index in [2.05, 4.69) is 32.2 Å². The van der Waals surface area contributed by atoms with Gasteiger partial charge in [0.1, 0.15) is 11.6 Å². The Labute approximate surface area is 141 Å². The Morgan fingerprint density at radius 2 is 1.83 bits per heavy atom. The number of halogens is 1. The Bertz CT molecular complexity index is 669. The number of aromatic nitrogens is 3. The molecule has 3 rings (SSSR count). The third-order valence-electron chi connectivity index (χ3n) is 4.39. The molecule has 1 aliphatic rings. The van der Waals surface area contributed by atoms with Crippen molar-refractivity contribution in [2.24, 2.45) is 0 Å². The van der Waals surface area contributed by atoms with Crippen LogP contribution in [0.4, 0.5) is 22.0 Å². The van der Waals surface area contributed by atoms with Crippen LogP contribution < -0.4 is 11.1 Å². The minimum atomic E-state index is -0.287. The molecule has 1 aromatic carbocycles. The fourth-order valence-corrected chi connectivity index (χ4v) is 3.10. The Morgan fingerprint density at radius 3 is 2.54 bits per heavy atom. The normalized spacial score (nSPS) is 15.6. The first-order valence-corrected chi connectivity index (χ1v) is 8.33. The highest BCUT2D eigenvalue weighted by Crippen LogP contribution is 2.22. The number of nitrogen functional groups attached to an aromatic ring is 1. The predicted molar refractivity (Wildman–Crippen MR) is 92.3 cm³/mol. The van der Waals surface area contributed by atoms with Crippen LogP contribution in [0, 0.1) is 5.82 Å². The van der Waals surface area contributed by atoms with Crippen LogP contribution >= 0.6 is 0 Å². The van der Waals surface area contributed by atoms with Crippen molar-refractivity contribution >= 4 is 17.6 Å². The fraction of sp³-hybridized carbons (Fsp3) is 0.471. The van der Waals surface area contributed by atoms with Gasteiger partial charge in [0, 0.05) is 11.7 Å². The van der Waals surface area contributed by atoms with Crippen LogP contribution in [0.25, 0.3) is 0 Å². The second kappa shape index (κ2) is 7.53. The first kappa shape index (κ1) is 16.6. The molecule has 1 fully saturated rings. The highest BCUT2D eigenvalue weighted by Gasteiger charge is 2.19. The molecule has 0 saturated heterocycles. The zero-order valence-electron chi connectivity index (χ0n) is 13.9. The van der Waals surface area contributed by atoms with Gasteiger partial charge in [-0.25, -0.2) is 4.39 Å². The molecule has 0 spiro atoms. The molecule has 1 heterocycles. The van der Waals surface area contributed by atoms with Crippen LogP contribution in [-0.4, -0.2) is 32.9 Å². The molecule has 1 aliphatic carbocycles. The maximum atomic E-state index is 13.0. The van der Waals surface area contributed by atoms with Gasteiger partial charge in [0.25, 0.3) is 0 Å². The van der Waals surface area contributed by atoms with Crippen molar-refractivity contribution in [3.8, 4) is 0 Å². The maximum absolute atomic E-state index is 13.0. The average Bonchev–Trinajstić information content (AvgIpc) is 2.57. The standard InChI is InChI=1S/C17H23FN6/c1-24(14-5-3-2-4-6-14)11-15-21-16(19)23-17(22-15)20-13-9-7-12(18)8-10-13/h7-10,14H,2-6,11H2,1H3,(H3,19,20,21,22,23). The molecule has 1 saturated carbocycles. The molecule has 0 amide bonds. The molecule has 0 aliphatic heterocycles. The van der Waals surface area contributed by atoms with Crippen LogP contribution in [0.15, 0.2) is 24.3 Å². The van der Waals surface area contributed by atoms with Gasteiger partial charge in [0.05, 0.1) is 6.54 Å². The highest BCUT2D eigenvalue weighted by molar-refractivity contribution is 5.53. The van der Waals surface area contributed by atoms with Crippen LogP contribution in [-0.2, 0) is 6.54 Å². The number of rotatable bonds is 5. The summed E-state index contributed by atoms with van der Waals surface area (Å²) in [7, 11) is 2.10. The van der Waals surface area contributed by atoms with Crippen molar-refractivity contribution in [1.29, 1.82) is 0 Å². The first-order valence-electron chi connectivity index (χ1n) is 8.33. The van der Waals surface area contributed by atoms with Gasteiger partial charge in [-0.3, -0.25) is 4.90 Å². The molecule has 128 valence electrons. The van der Waals surface area contributed by atoms with Gasteiger partial charge in [0.15, 0.2) is 0 Å². The van der Waals surface area contributed by atoms with E-state index in [1.165, 1.54) is 44.2 Å². The number of hydrogen-bond acceptors (Lipinski definition) is 6. The summed E-state index contributed by atoms with van der Waals surface area (Å²) in [6.07, 6.45) is 6.34. The number of anilines is 3. The quantitative estimate of drug-likeness (QED) is 0.877. The lowest BCUT2D eigenvalue weighted by atomic mass is 9.94. The van der Waals surface area contributed by atoms with E-state index < -0.39 is 0 Å². The summed E-state index contributed by atoms with van der Waals surface area (Å²) in [5.41, 5.74) is 6.51. The summed E-state index contributed by atoms with van der Waals surface area (Å²) in [5.74, 6) is 0.911. The third-order valence-corrected chi connectivity index (χ3v) is 4.39. The zero-order valence-corrected chi connectivity index (χ0v) is 13.9. The van der Waals surface area contributed by atoms with Gasteiger partial charge >= 0.3 is 0 Å². The SMILES string of the molecule is CN(Cc1nc(N)nc(Nc2ccc(F)cc2)n1)C1CCCCC1. The molecule has 1 aromatic heterocycles. The van der Waals surface area contributed by atoms with Gasteiger partial charge in [-0.2, -0.15) is 15.0 Å². The monoisotopic (exact) mass is 330 g/mol. The van der Waals surface area contributed by atoms with E-state index in [0.29, 0.717) is 30.0 Å². The molecule has 0 unspecified atom stereocenters. The van der Waals surface area contributed by atoms with E-state index in [-0.39, 0.29) is 11.8 Å². The lowest BCUT2D eigenvalue weighted by Crippen LogP contribution is -2.33. The summed E-state index contributed by atoms with van der Waals surface area (Å²) >= 11 is 0. The maximum Gasteiger partial charge on any atom is 0.232 e. The van der Waals surface area contributed by atoms with Crippen LogP contribution in [0.5, 0.6) is 0 Å². The first-order chi connectivity index (χ1) is 11.6. The average molecular weight is 330 g/mol. The summed E-state index contributed by atoms with van der Waals surface area (Å²) in [6, 6.07) is 6.59. The number of benzene rings is 1. The largest absolute Gasteiger partial charge is 0.368 e. The van der Waals surface area contributed by atoms with Crippen LogP contribution in [0.3, 0.4) is 0 Å². The van der Waals surface area contributed by atoms with Crippen molar-refractivity contribution in [3.63, 3.8) is 0 Å². The topological polar surface area (TPSA) is 80.0 Å². The summed E-state index contributed by atoms with van der Waals surface area (Å²) in [6.45, 7) is 0.634. The van der Waals surface area contributed by atoms with Crippen molar-refractivity contribution in [2.45, 2.75) is 44.7 Å². The van der Waals surface area contributed by atoms with Crippen molar-refractivity contribution < 1.29 is 4.39 Å². The highest BCUT2D eigenvalue weighted by atomic mass is 19.1. The van der Waals surface area contributed by atoms with E-state index in [9.17, 15) is 4.39 Å². The van der Waals surface area contributed by atoms with Crippen molar-refractivity contribution in [3.05, 3.63) is 35.9 Å². The Balaban J connectivity index is 1.69. The molecule has 0 atom stereocenters. The number of nitrogens with two attached hydrogens (primary N) is 1. The van der Waals surface area contributed by atoms with E-state index in [0.717, 1.165) is 0 Å². The minimum absolute atomic E-state index is 0.182. The Hall–Kier alpha value is -2.28. The fourth-order valence-electron chi connectivity index (χ4n) is 3.10. The lowest BCUT2D eigenvalue weighted by molar-refractivity contribution is 0.181. The van der Waals surface area contributed by atoms with Gasteiger partial charge in [-0.15, -0.1) is 0 Å². The Kier molecular flexibility index (Phi) is 5.20. The summed E-state index contributed by atoms with van der Waals surface area (Å²) in [4.78, 5) is 15.1. The molecule has 6 nitrogen and oxygen atoms in total. The molecular formula is C17H23FN6. The molecule has 3 N–H and O–H groups in total. The second-order valence-corrected chi connectivity index (χ2v) is 6.27. The molecule has 7 heteroatoms. The van der Waals surface area contributed by atoms with E-state index in [1.807, 2.05) is 0 Å². The van der Waals surface area contributed by atoms with Gasteiger partial charge in [0.2, 0.25) is 11.9 Å². The molecular weight excluding hydrogens is 307 g/mol. The van der Waals surface area contributed by atoms with Gasteiger partial charge < -0.3 is 11.1 Å². The Morgan fingerprint density at radius 1 is 1.12 bits per heavy atom. The minimum Gasteiger partial charge on any atom is -0.368 e. The van der Waals surface area contributed by atoms with Crippen molar-refractivity contribution in [2.75, 3.05) is 18.1 Å². The predicted octanol–water partition coefficient (Wildman–Crippen LogP) is 3.10. The molecule has 2 aromatic rings. The van der Waals surface area contributed by atoms with Gasteiger partial charge in [-0.1, -0.05) is 19.3 Å². The van der Waals surface area contributed by atoms with Gasteiger partial charge in [-0.05, 0) is 44.2 Å². The third kappa shape index (κ3) is 4.38. The van der Waals surface area contributed by atoms with Crippen molar-refractivity contribution in [1.82, 2.24) is 19.9 Å². The van der Waals surface area contributed by atoms with Crippen LogP contribution in [0.2, 0.25) is 0 Å². The lowest BCUT2D eigenvalue weighted by Gasteiger charge is -2.30. The smallest absolute Gasteiger partial charge is 0.232 e. The van der Waals surface area contributed by atoms with E-state index >= 15 is 0 Å². The summed E-state index contributed by atoms with van der Waals surface area (Å²) in [5, 5.41) is 3.04.